The summed E-state index contributed by atoms with van der Waals surface area (Å²) in [6.07, 6.45) is 3.73. The van der Waals surface area contributed by atoms with Crippen LogP contribution in [-0.2, 0) is 32.6 Å². The zero-order valence-corrected chi connectivity index (χ0v) is 23.5. The average Bonchev–Trinajstić information content (AvgIpc) is 2.89. The second-order valence-electron chi connectivity index (χ2n) is 9.05. The van der Waals surface area contributed by atoms with Gasteiger partial charge in [-0.3, -0.25) is 13.9 Å². The molecule has 204 valence electrons. The largest absolute Gasteiger partial charge is 0.497 e. The van der Waals surface area contributed by atoms with Gasteiger partial charge in [-0.1, -0.05) is 45.0 Å². The summed E-state index contributed by atoms with van der Waals surface area (Å²) in [5.74, 6) is 0.289. The van der Waals surface area contributed by atoms with Crippen LogP contribution in [0.2, 0.25) is 0 Å². The van der Waals surface area contributed by atoms with Crippen LogP contribution in [0, 0.1) is 0 Å². The van der Waals surface area contributed by atoms with Crippen LogP contribution in [0.1, 0.15) is 57.6 Å². The van der Waals surface area contributed by atoms with Gasteiger partial charge in [0.25, 0.3) is 0 Å². The van der Waals surface area contributed by atoms with E-state index in [0.29, 0.717) is 30.8 Å². The summed E-state index contributed by atoms with van der Waals surface area (Å²) in [4.78, 5) is 28.0. The molecule has 0 bridgehead atoms. The summed E-state index contributed by atoms with van der Waals surface area (Å²) in [6, 6.07) is 14.2. The van der Waals surface area contributed by atoms with E-state index in [0.717, 1.165) is 24.0 Å². The van der Waals surface area contributed by atoms with E-state index in [9.17, 15) is 18.0 Å². The molecule has 0 aliphatic heterocycles. The quantitative estimate of drug-likeness (QED) is 0.373. The summed E-state index contributed by atoms with van der Waals surface area (Å²) in [6.45, 7) is 6.86. The molecule has 0 saturated carbocycles. The zero-order chi connectivity index (χ0) is 27.4. The number of aryl methyl sites for hydroxylation is 1. The minimum atomic E-state index is -3.53. The Morgan fingerprint density at radius 3 is 2.30 bits per heavy atom. The Morgan fingerprint density at radius 2 is 1.73 bits per heavy atom. The van der Waals surface area contributed by atoms with Gasteiger partial charge in [0.2, 0.25) is 21.8 Å². The van der Waals surface area contributed by atoms with Gasteiger partial charge >= 0.3 is 0 Å². The van der Waals surface area contributed by atoms with Crippen LogP contribution in [0.5, 0.6) is 5.75 Å². The monoisotopic (exact) mass is 531 g/mol. The number of rotatable bonds is 15. The van der Waals surface area contributed by atoms with Crippen molar-refractivity contribution in [2.75, 3.05) is 30.8 Å². The molecule has 2 aromatic carbocycles. The fraction of sp³-hybridized carbons (Fsp3) is 0.500. The number of hydrogen-bond donors (Lipinski definition) is 1. The molecule has 0 heterocycles. The molecule has 0 aromatic heterocycles. The average molecular weight is 532 g/mol. The van der Waals surface area contributed by atoms with Gasteiger partial charge < -0.3 is 15.0 Å². The van der Waals surface area contributed by atoms with Gasteiger partial charge in [0.15, 0.2) is 0 Å². The van der Waals surface area contributed by atoms with Gasteiger partial charge in [-0.05, 0) is 61.1 Å². The van der Waals surface area contributed by atoms with E-state index < -0.39 is 16.1 Å². The molecule has 2 aromatic rings. The highest BCUT2D eigenvalue weighted by molar-refractivity contribution is 7.92. The Kier molecular flexibility index (Phi) is 11.9. The Balaban J connectivity index is 2.21. The molecule has 0 saturated heterocycles. The van der Waals surface area contributed by atoms with E-state index in [4.69, 9.17) is 4.74 Å². The number of benzene rings is 2. The van der Waals surface area contributed by atoms with E-state index >= 15 is 0 Å². The highest BCUT2D eigenvalue weighted by Crippen LogP contribution is 2.21. The lowest BCUT2D eigenvalue weighted by atomic mass is 10.1. The van der Waals surface area contributed by atoms with Crippen molar-refractivity contribution in [1.29, 1.82) is 0 Å². The van der Waals surface area contributed by atoms with E-state index in [1.54, 1.807) is 24.1 Å². The molecule has 0 fully saturated rings. The predicted octanol–water partition coefficient (Wildman–Crippen LogP) is 4.14. The minimum absolute atomic E-state index is 0.112. The van der Waals surface area contributed by atoms with Gasteiger partial charge in [-0.2, -0.15) is 0 Å². The predicted molar refractivity (Wildman–Crippen MR) is 148 cm³/mol. The van der Waals surface area contributed by atoms with Crippen LogP contribution in [0.15, 0.2) is 48.5 Å². The molecule has 0 aliphatic rings. The van der Waals surface area contributed by atoms with Crippen molar-refractivity contribution in [3.8, 4) is 5.75 Å². The minimum Gasteiger partial charge on any atom is -0.497 e. The summed E-state index contributed by atoms with van der Waals surface area (Å²) < 4.78 is 31.7. The van der Waals surface area contributed by atoms with Gasteiger partial charge in [0, 0.05) is 26.1 Å². The molecule has 0 spiro atoms. The standard InChI is InChI=1S/C28H41N3O5S/c1-6-18-29-28(33)26(8-3)30(21-23-11-9-12-25(20-23)36-4)27(32)13-10-19-31(37(5,34)35)24-16-14-22(7-2)15-17-24/h9,11-12,14-17,20,26H,6-8,10,13,18-19,21H2,1-5H3,(H,29,33)/t26-/m1/s1. The number of ether oxygens (including phenoxy) is 1. The van der Waals surface area contributed by atoms with Crippen LogP contribution in [0.4, 0.5) is 5.69 Å². The molecule has 0 radical (unpaired) electrons. The highest BCUT2D eigenvalue weighted by Gasteiger charge is 2.28. The van der Waals surface area contributed by atoms with E-state index in [-0.39, 0.29) is 31.3 Å². The maximum atomic E-state index is 13.5. The Hall–Kier alpha value is -3.07. The van der Waals surface area contributed by atoms with Crippen LogP contribution in [0.3, 0.4) is 0 Å². The first-order valence-electron chi connectivity index (χ1n) is 12.9. The zero-order valence-electron chi connectivity index (χ0n) is 22.7. The SMILES string of the molecule is CCCNC(=O)[C@@H](CC)N(Cc1cccc(OC)c1)C(=O)CCCN(c1ccc(CC)cc1)S(C)(=O)=O. The fourth-order valence-electron chi connectivity index (χ4n) is 4.15. The maximum absolute atomic E-state index is 13.5. The summed E-state index contributed by atoms with van der Waals surface area (Å²) >= 11 is 0. The highest BCUT2D eigenvalue weighted by atomic mass is 32.2. The van der Waals surface area contributed by atoms with Crippen molar-refractivity contribution in [3.05, 3.63) is 59.7 Å². The summed E-state index contributed by atoms with van der Waals surface area (Å²) in [7, 11) is -1.94. The second-order valence-corrected chi connectivity index (χ2v) is 11.0. The molecular formula is C28H41N3O5S. The molecule has 2 rings (SSSR count). The van der Waals surface area contributed by atoms with Crippen LogP contribution in [-0.4, -0.2) is 57.6 Å². The van der Waals surface area contributed by atoms with E-state index in [2.05, 4.69) is 5.32 Å². The number of carbonyl (C=O) groups excluding carboxylic acids is 2. The lowest BCUT2D eigenvalue weighted by Gasteiger charge is -2.31. The third kappa shape index (κ3) is 9.07. The van der Waals surface area contributed by atoms with Gasteiger partial charge in [-0.25, -0.2) is 8.42 Å². The maximum Gasteiger partial charge on any atom is 0.242 e. The normalized spacial score (nSPS) is 12.0. The topological polar surface area (TPSA) is 96.0 Å². The number of anilines is 1. The first-order chi connectivity index (χ1) is 17.6. The Morgan fingerprint density at radius 1 is 1.03 bits per heavy atom. The molecule has 1 N–H and O–H groups in total. The fourth-order valence-corrected chi connectivity index (χ4v) is 5.12. The Bertz CT molecular complexity index is 1120. The van der Waals surface area contributed by atoms with E-state index in [1.807, 2.05) is 57.2 Å². The third-order valence-corrected chi connectivity index (χ3v) is 7.40. The number of sulfonamides is 1. The molecule has 0 unspecified atom stereocenters. The van der Waals surface area contributed by atoms with Crippen LogP contribution in [0.25, 0.3) is 0 Å². The first kappa shape index (κ1) is 30.2. The number of amides is 2. The molecule has 8 nitrogen and oxygen atoms in total. The lowest BCUT2D eigenvalue weighted by Crippen LogP contribution is -2.49. The smallest absolute Gasteiger partial charge is 0.242 e. The molecule has 37 heavy (non-hydrogen) atoms. The number of nitrogens with zero attached hydrogens (tertiary/aromatic N) is 2. The van der Waals surface area contributed by atoms with Crippen molar-refractivity contribution in [2.45, 2.75) is 65.5 Å². The van der Waals surface area contributed by atoms with Crippen LogP contribution >= 0.6 is 0 Å². The van der Waals surface area contributed by atoms with Gasteiger partial charge in [0.1, 0.15) is 11.8 Å². The van der Waals surface area contributed by atoms with Crippen molar-refractivity contribution < 1.29 is 22.7 Å². The molecular weight excluding hydrogens is 490 g/mol. The van der Waals surface area contributed by atoms with Crippen molar-refractivity contribution in [2.24, 2.45) is 0 Å². The van der Waals surface area contributed by atoms with Gasteiger partial charge in [0.05, 0.1) is 19.1 Å². The lowest BCUT2D eigenvalue weighted by molar-refractivity contribution is -0.141. The first-order valence-corrected chi connectivity index (χ1v) is 14.8. The van der Waals surface area contributed by atoms with Crippen molar-refractivity contribution >= 4 is 27.5 Å². The van der Waals surface area contributed by atoms with E-state index in [1.165, 1.54) is 10.6 Å². The van der Waals surface area contributed by atoms with Crippen molar-refractivity contribution in [1.82, 2.24) is 10.2 Å². The number of methoxy groups -OCH3 is 1. The van der Waals surface area contributed by atoms with Crippen molar-refractivity contribution in [3.63, 3.8) is 0 Å². The van der Waals surface area contributed by atoms with Gasteiger partial charge in [-0.15, -0.1) is 0 Å². The molecule has 1 atom stereocenters. The summed E-state index contributed by atoms with van der Waals surface area (Å²) in [5.41, 5.74) is 2.54. The molecule has 2 amide bonds. The number of nitrogens with one attached hydrogen (secondary N) is 1. The number of carbonyl (C=O) groups is 2. The summed E-state index contributed by atoms with van der Waals surface area (Å²) in [5, 5.41) is 2.91. The molecule has 0 aliphatic carbocycles. The molecule has 9 heteroatoms. The third-order valence-electron chi connectivity index (χ3n) is 6.21. The number of hydrogen-bond acceptors (Lipinski definition) is 5. The van der Waals surface area contributed by atoms with Crippen LogP contribution < -0.4 is 14.4 Å². The second kappa shape index (κ2) is 14.6. The Labute approximate surface area is 222 Å².